The first-order chi connectivity index (χ1) is 20.1. The lowest BCUT2D eigenvalue weighted by Gasteiger charge is -2.22. The number of halogens is 2. The molecule has 11 heteroatoms. The van der Waals surface area contributed by atoms with Crippen LogP contribution in [0.3, 0.4) is 0 Å². The summed E-state index contributed by atoms with van der Waals surface area (Å²) < 4.78 is 39.8. The van der Waals surface area contributed by atoms with E-state index in [2.05, 4.69) is 5.32 Å². The predicted octanol–water partition coefficient (Wildman–Crippen LogP) is 7.23. The van der Waals surface area contributed by atoms with Crippen LogP contribution in [0.4, 0.5) is 5.69 Å². The SMILES string of the molecule is CCOc1ccc(NC(=O)/C(C#N)=C\c2ccc(CN(Cc3ccc(Cl)cc3Cl)S(=O)(=O)c3ccc(C)cc3)o2)cc1. The van der Waals surface area contributed by atoms with Gasteiger partial charge in [0.1, 0.15) is 28.9 Å². The molecule has 0 aliphatic carbocycles. The Hall–Kier alpha value is -4.07. The molecule has 3 aromatic carbocycles. The number of aryl methyl sites for hydroxylation is 1. The molecule has 1 aromatic heterocycles. The number of rotatable bonds is 11. The minimum atomic E-state index is -3.97. The fraction of sp³-hybridized carbons (Fsp3) is 0.161. The Morgan fingerprint density at radius 1 is 1.02 bits per heavy atom. The summed E-state index contributed by atoms with van der Waals surface area (Å²) >= 11 is 12.4. The minimum absolute atomic E-state index is 0.0496. The normalized spacial score (nSPS) is 11.8. The van der Waals surface area contributed by atoms with Crippen LogP contribution in [0.15, 0.2) is 93.7 Å². The van der Waals surface area contributed by atoms with E-state index in [1.54, 1.807) is 78.9 Å². The highest BCUT2D eigenvalue weighted by atomic mass is 35.5. The zero-order valence-electron chi connectivity index (χ0n) is 22.8. The molecule has 0 saturated heterocycles. The Bertz CT molecular complexity index is 1740. The molecule has 0 radical (unpaired) electrons. The molecule has 1 N–H and O–H groups in total. The van der Waals surface area contributed by atoms with E-state index in [9.17, 15) is 18.5 Å². The average molecular weight is 625 g/mol. The molecule has 0 saturated carbocycles. The molecule has 1 heterocycles. The molecule has 0 unspecified atom stereocenters. The second kappa shape index (κ2) is 13.7. The largest absolute Gasteiger partial charge is 0.494 e. The summed E-state index contributed by atoms with van der Waals surface area (Å²) in [5, 5.41) is 13.0. The topological polar surface area (TPSA) is 113 Å². The molecular formula is C31H27Cl2N3O5S. The lowest BCUT2D eigenvalue weighted by Crippen LogP contribution is -2.30. The first-order valence-electron chi connectivity index (χ1n) is 12.8. The number of nitrogens with one attached hydrogen (secondary N) is 1. The summed E-state index contributed by atoms with van der Waals surface area (Å²) in [5.74, 6) is 0.541. The number of amides is 1. The molecule has 216 valence electrons. The van der Waals surface area contributed by atoms with E-state index in [4.69, 9.17) is 32.4 Å². The third-order valence-electron chi connectivity index (χ3n) is 6.11. The van der Waals surface area contributed by atoms with E-state index in [-0.39, 0.29) is 29.3 Å². The van der Waals surface area contributed by atoms with Gasteiger partial charge in [-0.2, -0.15) is 9.57 Å². The molecule has 0 aliphatic rings. The van der Waals surface area contributed by atoms with Gasteiger partial charge in [0.2, 0.25) is 10.0 Å². The van der Waals surface area contributed by atoms with Gasteiger partial charge in [-0.15, -0.1) is 0 Å². The highest BCUT2D eigenvalue weighted by Crippen LogP contribution is 2.27. The zero-order valence-corrected chi connectivity index (χ0v) is 25.1. The molecular weight excluding hydrogens is 597 g/mol. The van der Waals surface area contributed by atoms with Crippen LogP contribution in [0.1, 0.15) is 29.6 Å². The van der Waals surface area contributed by atoms with E-state index < -0.39 is 15.9 Å². The number of carbonyl (C=O) groups is 1. The third-order valence-corrected chi connectivity index (χ3v) is 8.50. The van der Waals surface area contributed by atoms with E-state index in [1.165, 1.54) is 10.4 Å². The van der Waals surface area contributed by atoms with Gasteiger partial charge in [-0.1, -0.05) is 47.0 Å². The molecule has 0 spiro atoms. The van der Waals surface area contributed by atoms with Crippen molar-refractivity contribution in [3.8, 4) is 11.8 Å². The number of carbonyl (C=O) groups excluding carboxylic acids is 1. The van der Waals surface area contributed by atoms with Crippen LogP contribution in [-0.4, -0.2) is 25.2 Å². The van der Waals surface area contributed by atoms with Gasteiger partial charge in [0.25, 0.3) is 5.91 Å². The molecule has 4 rings (SSSR count). The van der Waals surface area contributed by atoms with Crippen molar-refractivity contribution in [2.75, 3.05) is 11.9 Å². The number of furan rings is 1. The van der Waals surface area contributed by atoms with Crippen molar-refractivity contribution in [2.45, 2.75) is 31.8 Å². The van der Waals surface area contributed by atoms with Gasteiger partial charge in [0.15, 0.2) is 0 Å². The van der Waals surface area contributed by atoms with E-state index in [1.807, 2.05) is 19.9 Å². The molecule has 1 amide bonds. The highest BCUT2D eigenvalue weighted by molar-refractivity contribution is 7.89. The van der Waals surface area contributed by atoms with Gasteiger partial charge in [0, 0.05) is 28.4 Å². The quantitative estimate of drug-likeness (QED) is 0.139. The van der Waals surface area contributed by atoms with Crippen LogP contribution in [0.25, 0.3) is 6.08 Å². The molecule has 0 bridgehead atoms. The van der Waals surface area contributed by atoms with Crippen LogP contribution in [0, 0.1) is 18.3 Å². The van der Waals surface area contributed by atoms with Crippen molar-refractivity contribution in [1.82, 2.24) is 4.31 Å². The van der Waals surface area contributed by atoms with Gasteiger partial charge in [0.05, 0.1) is 18.0 Å². The van der Waals surface area contributed by atoms with Gasteiger partial charge in [-0.3, -0.25) is 4.79 Å². The molecule has 8 nitrogen and oxygen atoms in total. The number of sulfonamides is 1. The highest BCUT2D eigenvalue weighted by Gasteiger charge is 2.27. The first-order valence-corrected chi connectivity index (χ1v) is 15.0. The summed E-state index contributed by atoms with van der Waals surface area (Å²) in [5.41, 5.74) is 1.77. The number of hydrogen-bond acceptors (Lipinski definition) is 6. The second-order valence-corrected chi connectivity index (χ2v) is 12.0. The summed E-state index contributed by atoms with van der Waals surface area (Å²) in [6.45, 7) is 4.07. The number of hydrogen-bond donors (Lipinski definition) is 1. The Kier molecular flexibility index (Phi) is 10.1. The lowest BCUT2D eigenvalue weighted by atomic mass is 10.2. The zero-order chi connectivity index (χ0) is 30.3. The molecule has 42 heavy (non-hydrogen) atoms. The Morgan fingerprint density at radius 2 is 1.74 bits per heavy atom. The number of ether oxygens (including phenoxy) is 1. The number of anilines is 1. The van der Waals surface area contributed by atoms with Crippen molar-refractivity contribution in [3.05, 3.63) is 117 Å². The Labute approximate surface area is 254 Å². The van der Waals surface area contributed by atoms with Gasteiger partial charge >= 0.3 is 0 Å². The lowest BCUT2D eigenvalue weighted by molar-refractivity contribution is -0.112. The second-order valence-electron chi connectivity index (χ2n) is 9.21. The summed E-state index contributed by atoms with van der Waals surface area (Å²) in [6.07, 6.45) is 1.29. The Morgan fingerprint density at radius 3 is 2.38 bits per heavy atom. The average Bonchev–Trinajstić information content (AvgIpc) is 3.41. The maximum atomic E-state index is 13.7. The third kappa shape index (κ3) is 7.81. The maximum absolute atomic E-state index is 13.7. The van der Waals surface area contributed by atoms with Crippen LogP contribution < -0.4 is 10.1 Å². The van der Waals surface area contributed by atoms with Gasteiger partial charge in [-0.05, 0) is 80.1 Å². The smallest absolute Gasteiger partial charge is 0.266 e. The van der Waals surface area contributed by atoms with Crippen LogP contribution >= 0.6 is 23.2 Å². The van der Waals surface area contributed by atoms with E-state index >= 15 is 0 Å². The van der Waals surface area contributed by atoms with Crippen molar-refractivity contribution >= 4 is 50.9 Å². The van der Waals surface area contributed by atoms with E-state index in [0.717, 1.165) is 5.56 Å². The van der Waals surface area contributed by atoms with E-state index in [0.29, 0.717) is 39.4 Å². The van der Waals surface area contributed by atoms with Crippen molar-refractivity contribution in [3.63, 3.8) is 0 Å². The summed E-state index contributed by atoms with van der Waals surface area (Å²) in [6, 6.07) is 23.2. The fourth-order valence-corrected chi connectivity index (χ4v) is 5.80. The molecule has 4 aromatic rings. The van der Waals surface area contributed by atoms with Crippen molar-refractivity contribution in [1.29, 1.82) is 5.26 Å². The maximum Gasteiger partial charge on any atom is 0.266 e. The van der Waals surface area contributed by atoms with Gasteiger partial charge in [-0.25, -0.2) is 8.42 Å². The molecule has 0 atom stereocenters. The summed E-state index contributed by atoms with van der Waals surface area (Å²) in [4.78, 5) is 12.8. The van der Waals surface area contributed by atoms with Crippen LogP contribution in [-0.2, 0) is 27.9 Å². The van der Waals surface area contributed by atoms with Crippen molar-refractivity contribution in [2.24, 2.45) is 0 Å². The monoisotopic (exact) mass is 623 g/mol. The van der Waals surface area contributed by atoms with Gasteiger partial charge < -0.3 is 14.5 Å². The van der Waals surface area contributed by atoms with Crippen LogP contribution in [0.5, 0.6) is 5.75 Å². The standard InChI is InChI=1S/C31H27Cl2N3O5S/c1-3-40-26-10-8-25(9-11-26)35-31(37)23(18-34)16-27-12-13-28(41-27)20-36(19-22-6-7-24(32)17-30(22)33)42(38,39)29-14-4-21(2)5-15-29/h4-17H,3,19-20H2,1-2H3,(H,35,37)/b23-16-. The van der Waals surface area contributed by atoms with Crippen LogP contribution in [0.2, 0.25) is 10.0 Å². The number of nitriles is 1. The summed E-state index contributed by atoms with van der Waals surface area (Å²) in [7, 11) is -3.97. The predicted molar refractivity (Wildman–Crippen MR) is 163 cm³/mol. The van der Waals surface area contributed by atoms with Crippen molar-refractivity contribution < 1.29 is 22.4 Å². The molecule has 0 aliphatic heterocycles. The first kappa shape index (κ1) is 30.9. The Balaban J connectivity index is 1.57. The minimum Gasteiger partial charge on any atom is -0.494 e. The molecule has 0 fully saturated rings. The number of benzene rings is 3. The number of nitrogens with zero attached hydrogens (tertiary/aromatic N) is 2. The fourth-order valence-electron chi connectivity index (χ4n) is 3.95.